The van der Waals surface area contributed by atoms with Gasteiger partial charge in [0.05, 0.1) is 47.4 Å². The minimum absolute atomic E-state index is 0.0266. The number of amides is 1. The molecule has 1 unspecified atom stereocenters. The van der Waals surface area contributed by atoms with Crippen LogP contribution in [0.1, 0.15) is 38.5 Å². The number of carboxylic acids is 1. The number of fused-ring (bicyclic) bond motifs is 1. The number of ether oxygens (including phenoxy) is 2. The van der Waals surface area contributed by atoms with Crippen molar-refractivity contribution in [2.45, 2.75) is 25.6 Å². The van der Waals surface area contributed by atoms with Crippen LogP contribution in [0.4, 0.5) is 4.39 Å². The normalized spacial score (nSPS) is 17.0. The minimum Gasteiger partial charge on any atom is -0.478 e. The van der Waals surface area contributed by atoms with Gasteiger partial charge in [-0.1, -0.05) is 6.07 Å². The molecule has 2 fully saturated rings. The molecule has 1 aromatic heterocycles. The molecule has 1 N–H and O–H groups in total. The molecule has 0 radical (unpaired) electrons. The second kappa shape index (κ2) is 11.6. The van der Waals surface area contributed by atoms with Gasteiger partial charge in [-0.15, -0.1) is 0 Å². The lowest BCUT2D eigenvalue weighted by molar-refractivity contribution is -0.0592. The first-order valence-corrected chi connectivity index (χ1v) is 13.7. The Hall–Kier alpha value is -4.79. The van der Waals surface area contributed by atoms with Crippen molar-refractivity contribution in [2.75, 3.05) is 32.8 Å². The van der Waals surface area contributed by atoms with Gasteiger partial charge in [-0.25, -0.2) is 14.2 Å². The topological polar surface area (TPSA) is 121 Å². The van der Waals surface area contributed by atoms with Crippen LogP contribution in [-0.2, 0) is 17.8 Å². The van der Waals surface area contributed by atoms with Crippen LogP contribution >= 0.6 is 0 Å². The van der Waals surface area contributed by atoms with Crippen molar-refractivity contribution in [2.24, 2.45) is 0 Å². The fraction of sp³-hybridized carbons (Fsp3) is 0.290. The lowest BCUT2D eigenvalue weighted by atomic mass is 10.1. The van der Waals surface area contributed by atoms with Crippen LogP contribution in [0.3, 0.4) is 0 Å². The van der Waals surface area contributed by atoms with Crippen molar-refractivity contribution in [3.63, 3.8) is 0 Å². The van der Waals surface area contributed by atoms with Gasteiger partial charge >= 0.3 is 5.97 Å². The van der Waals surface area contributed by atoms with Gasteiger partial charge in [0, 0.05) is 38.3 Å². The van der Waals surface area contributed by atoms with E-state index in [0.717, 1.165) is 36.0 Å². The Morgan fingerprint density at radius 2 is 1.88 bits per heavy atom. The van der Waals surface area contributed by atoms with Crippen molar-refractivity contribution in [3.8, 4) is 17.6 Å². The molecule has 42 heavy (non-hydrogen) atoms. The Kier molecular flexibility index (Phi) is 7.56. The van der Waals surface area contributed by atoms with Crippen molar-refractivity contribution >= 4 is 22.9 Å². The Balaban J connectivity index is 1.12. The maximum Gasteiger partial charge on any atom is 0.335 e. The summed E-state index contributed by atoms with van der Waals surface area (Å²) in [7, 11) is 0. The maximum absolute atomic E-state index is 14.3. The zero-order valence-corrected chi connectivity index (χ0v) is 22.7. The summed E-state index contributed by atoms with van der Waals surface area (Å²) < 4.78 is 27.7. The smallest absolute Gasteiger partial charge is 0.335 e. The number of rotatable bonds is 8. The molecular formula is C31H28FN5O5. The number of carbonyl (C=O) groups excluding carboxylic acids is 1. The average Bonchev–Trinajstić information content (AvgIpc) is 3.31. The molecule has 0 aliphatic carbocycles. The average molecular weight is 570 g/mol. The molecule has 3 heterocycles. The van der Waals surface area contributed by atoms with Crippen LogP contribution in [0.25, 0.3) is 11.0 Å². The van der Waals surface area contributed by atoms with Crippen LogP contribution in [-0.4, -0.2) is 75.2 Å². The van der Waals surface area contributed by atoms with Gasteiger partial charge in [0.1, 0.15) is 11.6 Å². The number of aromatic carboxylic acids is 1. The largest absolute Gasteiger partial charge is 0.478 e. The second-order valence-corrected chi connectivity index (χ2v) is 10.4. The summed E-state index contributed by atoms with van der Waals surface area (Å²) in [5.41, 5.74) is 2.36. The first-order valence-electron chi connectivity index (χ1n) is 13.7. The molecule has 1 atom stereocenters. The molecular weight excluding hydrogens is 541 g/mol. The Morgan fingerprint density at radius 1 is 1.07 bits per heavy atom. The van der Waals surface area contributed by atoms with Crippen molar-refractivity contribution < 1.29 is 28.6 Å². The number of halogens is 1. The molecule has 214 valence electrons. The van der Waals surface area contributed by atoms with Gasteiger partial charge in [0.15, 0.2) is 11.6 Å². The van der Waals surface area contributed by atoms with Gasteiger partial charge in [0.25, 0.3) is 5.91 Å². The summed E-state index contributed by atoms with van der Waals surface area (Å²) in [5, 5.41) is 18.4. The van der Waals surface area contributed by atoms with Crippen molar-refractivity contribution in [1.82, 2.24) is 19.4 Å². The fourth-order valence-corrected chi connectivity index (χ4v) is 5.23. The molecule has 4 aromatic rings. The predicted octanol–water partition coefficient (Wildman–Crippen LogP) is 4.28. The summed E-state index contributed by atoms with van der Waals surface area (Å²) in [6.45, 7) is 4.21. The quantitative estimate of drug-likeness (QED) is 0.334. The van der Waals surface area contributed by atoms with Crippen molar-refractivity contribution in [1.29, 1.82) is 5.26 Å². The number of carbonyl (C=O) groups is 2. The van der Waals surface area contributed by atoms with E-state index in [4.69, 9.17) is 19.7 Å². The highest BCUT2D eigenvalue weighted by molar-refractivity contribution is 5.95. The molecule has 0 spiro atoms. The molecule has 2 aliphatic heterocycles. The second-order valence-electron chi connectivity index (χ2n) is 10.4. The highest BCUT2D eigenvalue weighted by atomic mass is 19.1. The van der Waals surface area contributed by atoms with E-state index in [0.29, 0.717) is 50.6 Å². The highest BCUT2D eigenvalue weighted by Crippen LogP contribution is 2.27. The van der Waals surface area contributed by atoms with Crippen LogP contribution in [0, 0.1) is 17.1 Å². The van der Waals surface area contributed by atoms with Crippen LogP contribution < -0.4 is 4.74 Å². The highest BCUT2D eigenvalue weighted by Gasteiger charge is 2.26. The number of nitrogens with zero attached hydrogens (tertiary/aromatic N) is 5. The molecule has 0 saturated carbocycles. The molecule has 3 aromatic carbocycles. The van der Waals surface area contributed by atoms with E-state index in [1.807, 2.05) is 6.07 Å². The zero-order valence-electron chi connectivity index (χ0n) is 22.7. The number of hydrogen-bond acceptors (Lipinski definition) is 7. The predicted molar refractivity (Wildman–Crippen MR) is 150 cm³/mol. The van der Waals surface area contributed by atoms with Crippen LogP contribution in [0.2, 0.25) is 0 Å². The molecule has 1 amide bonds. The van der Waals surface area contributed by atoms with Crippen molar-refractivity contribution in [3.05, 3.63) is 89.0 Å². The van der Waals surface area contributed by atoms with E-state index >= 15 is 0 Å². The van der Waals surface area contributed by atoms with Crippen LogP contribution in [0.15, 0.2) is 60.7 Å². The monoisotopic (exact) mass is 569 g/mol. The summed E-state index contributed by atoms with van der Waals surface area (Å²) >= 11 is 0. The van der Waals surface area contributed by atoms with Gasteiger partial charge in [-0.2, -0.15) is 5.26 Å². The molecule has 10 nitrogen and oxygen atoms in total. The first-order chi connectivity index (χ1) is 20.4. The third-order valence-electron chi connectivity index (χ3n) is 7.65. The Morgan fingerprint density at radius 3 is 2.57 bits per heavy atom. The Labute approximate surface area is 241 Å². The fourth-order valence-electron chi connectivity index (χ4n) is 5.23. The van der Waals surface area contributed by atoms with Gasteiger partial charge in [-0.3, -0.25) is 9.69 Å². The van der Waals surface area contributed by atoms with Gasteiger partial charge < -0.3 is 24.0 Å². The standard InChI is InChI=1S/C31H28FN5O5/c32-25-14-20(17-33)4-7-28(25)42-23-3-1-2-21(15-23)30(38)36-11-9-35(10-12-36)19-29-34-26-6-5-22(31(39)40)16-27(26)37(29)18-24-8-13-41-24/h1-7,14-16,24H,8-13,18-19H2,(H,39,40). The number of imidazole rings is 1. The molecule has 2 aliphatic rings. The lowest BCUT2D eigenvalue weighted by Gasteiger charge is -2.35. The number of benzene rings is 3. The summed E-state index contributed by atoms with van der Waals surface area (Å²) in [4.78, 5) is 33.7. The summed E-state index contributed by atoms with van der Waals surface area (Å²) in [6, 6.07) is 17.4. The lowest BCUT2D eigenvalue weighted by Crippen LogP contribution is -2.48. The minimum atomic E-state index is -0.981. The molecule has 2 saturated heterocycles. The number of carboxylic acid groups (broad SMARTS) is 1. The van der Waals surface area contributed by atoms with E-state index < -0.39 is 11.8 Å². The number of hydrogen-bond donors (Lipinski definition) is 1. The number of aromatic nitrogens is 2. The molecule has 11 heteroatoms. The van der Waals surface area contributed by atoms with E-state index in [2.05, 4.69) is 9.47 Å². The third kappa shape index (κ3) is 5.68. The summed E-state index contributed by atoms with van der Waals surface area (Å²) in [5.74, 6) is -0.646. The molecule has 6 rings (SSSR count). The number of piperazine rings is 1. The SMILES string of the molecule is N#Cc1ccc(Oc2cccc(C(=O)N3CCN(Cc4nc5ccc(C(=O)O)cc5n4CC4CCO4)CC3)c2)c(F)c1. The maximum atomic E-state index is 14.3. The van der Waals surface area contributed by atoms with E-state index in [9.17, 15) is 19.1 Å². The van der Waals surface area contributed by atoms with E-state index in [1.54, 1.807) is 47.4 Å². The zero-order chi connectivity index (χ0) is 29.2. The number of nitriles is 1. The molecule has 0 bridgehead atoms. The van der Waals surface area contributed by atoms with Gasteiger partial charge in [0.2, 0.25) is 0 Å². The summed E-state index contributed by atoms with van der Waals surface area (Å²) in [6.07, 6.45) is 1.03. The van der Waals surface area contributed by atoms with Gasteiger partial charge in [-0.05, 0) is 61.0 Å². The Bertz CT molecular complexity index is 1700. The third-order valence-corrected chi connectivity index (χ3v) is 7.65. The van der Waals surface area contributed by atoms with E-state index in [-0.39, 0.29) is 28.9 Å². The first kappa shape index (κ1) is 27.4. The van der Waals surface area contributed by atoms with E-state index in [1.165, 1.54) is 12.1 Å². The van der Waals surface area contributed by atoms with Crippen LogP contribution in [0.5, 0.6) is 11.5 Å².